The average molecular weight is 466 g/mol. The summed E-state index contributed by atoms with van der Waals surface area (Å²) in [5, 5.41) is 6.30. The number of nitrogens with one attached hydrogen (secondary N) is 1. The molecule has 2 atom stereocenters. The number of nitrogens with zero attached hydrogens (tertiary/aromatic N) is 4. The van der Waals surface area contributed by atoms with Crippen molar-refractivity contribution in [2.75, 3.05) is 73.0 Å². The molecule has 0 saturated carbocycles. The van der Waals surface area contributed by atoms with E-state index in [-0.39, 0.29) is 5.54 Å². The minimum atomic E-state index is 0.0424. The normalized spacial score (nSPS) is 22.9. The first kappa shape index (κ1) is 25.6. The van der Waals surface area contributed by atoms with Crippen LogP contribution in [0.15, 0.2) is 42.5 Å². The van der Waals surface area contributed by atoms with Crippen LogP contribution in [0.2, 0.25) is 0 Å². The van der Waals surface area contributed by atoms with Gasteiger partial charge >= 0.3 is 0 Å². The number of piperazine rings is 2. The molecular formula is C29H47N5. The van der Waals surface area contributed by atoms with E-state index in [1.165, 1.54) is 55.1 Å². The molecule has 2 unspecified atom stereocenters. The summed E-state index contributed by atoms with van der Waals surface area (Å²) in [6.45, 7) is 14.9. The molecule has 2 fully saturated rings. The van der Waals surface area contributed by atoms with Gasteiger partial charge in [-0.2, -0.15) is 0 Å². The first-order valence-electron chi connectivity index (χ1n) is 13.7. The minimum Gasteiger partial charge on any atom is -0.314 e. The number of fused-ring (bicyclic) bond motifs is 1. The Morgan fingerprint density at radius 2 is 1.71 bits per heavy atom. The van der Waals surface area contributed by atoms with E-state index >= 15 is 0 Å². The topological polar surface area (TPSA) is 25.0 Å². The Hall–Kier alpha value is -1.50. The van der Waals surface area contributed by atoms with Crippen LogP contribution in [0.1, 0.15) is 45.1 Å². The Kier molecular flexibility index (Phi) is 9.00. The third kappa shape index (κ3) is 5.66. The van der Waals surface area contributed by atoms with Crippen molar-refractivity contribution in [3.05, 3.63) is 48.0 Å². The van der Waals surface area contributed by atoms with Gasteiger partial charge in [-0.1, -0.05) is 63.1 Å². The smallest absolute Gasteiger partial charge is 0.0749 e. The van der Waals surface area contributed by atoms with E-state index in [4.69, 9.17) is 0 Å². The van der Waals surface area contributed by atoms with Crippen molar-refractivity contribution in [2.24, 2.45) is 0 Å². The Labute approximate surface area is 208 Å². The van der Waals surface area contributed by atoms with E-state index < -0.39 is 0 Å². The lowest BCUT2D eigenvalue weighted by atomic mass is 9.81. The van der Waals surface area contributed by atoms with E-state index in [0.717, 1.165) is 45.8 Å². The second kappa shape index (κ2) is 12.0. The number of likely N-dealkylation sites (N-methyl/N-ethyl adjacent to an activating group) is 1. The van der Waals surface area contributed by atoms with Gasteiger partial charge in [0.05, 0.1) is 11.7 Å². The molecule has 5 nitrogen and oxygen atoms in total. The SMILES string of the molecule is CCCCN1CCN(CC(CCC)(c2ccc3ccccc3c2)N2CCNCC2)C(N(C)C)C1. The predicted molar refractivity (Wildman–Crippen MR) is 145 cm³/mol. The van der Waals surface area contributed by atoms with Crippen molar-refractivity contribution < 1.29 is 0 Å². The zero-order chi connectivity index (χ0) is 24.0. The largest absolute Gasteiger partial charge is 0.314 e. The molecule has 34 heavy (non-hydrogen) atoms. The molecule has 2 heterocycles. The third-order valence-electron chi connectivity index (χ3n) is 8.11. The van der Waals surface area contributed by atoms with E-state index in [2.05, 4.69) is 95.3 Å². The van der Waals surface area contributed by atoms with Crippen molar-refractivity contribution in [2.45, 2.75) is 51.2 Å². The molecule has 2 aromatic rings. The Balaban J connectivity index is 1.69. The minimum absolute atomic E-state index is 0.0424. The van der Waals surface area contributed by atoms with Crippen LogP contribution in [0, 0.1) is 0 Å². The van der Waals surface area contributed by atoms with Crippen molar-refractivity contribution in [1.29, 1.82) is 0 Å². The molecular weight excluding hydrogens is 418 g/mol. The van der Waals surface area contributed by atoms with Crippen molar-refractivity contribution in [3.63, 3.8) is 0 Å². The fraction of sp³-hybridized carbons (Fsp3) is 0.655. The Morgan fingerprint density at radius 1 is 0.941 bits per heavy atom. The molecule has 0 aliphatic carbocycles. The molecule has 1 N–H and O–H groups in total. The standard InChI is InChI=1S/C29H47N5/c1-5-7-17-32-20-21-33(28(23-32)31(3)4)24-29(14-6-2,34-18-15-30-16-19-34)27-13-12-25-10-8-9-11-26(25)22-27/h8-13,22,28,30H,5-7,14-21,23-24H2,1-4H3. The molecule has 0 bridgehead atoms. The molecule has 4 rings (SSSR count). The van der Waals surface area contributed by atoms with Gasteiger partial charge in [-0.15, -0.1) is 0 Å². The van der Waals surface area contributed by atoms with E-state index in [1.54, 1.807) is 0 Å². The highest BCUT2D eigenvalue weighted by atomic mass is 15.4. The fourth-order valence-electron chi connectivity index (χ4n) is 6.19. The summed E-state index contributed by atoms with van der Waals surface area (Å²) in [5.41, 5.74) is 1.54. The third-order valence-corrected chi connectivity index (χ3v) is 8.11. The summed E-state index contributed by atoms with van der Waals surface area (Å²) in [7, 11) is 4.53. The fourth-order valence-corrected chi connectivity index (χ4v) is 6.19. The van der Waals surface area contributed by atoms with Crippen LogP contribution in [0.25, 0.3) is 10.8 Å². The van der Waals surface area contributed by atoms with Crippen LogP contribution >= 0.6 is 0 Å². The van der Waals surface area contributed by atoms with Crippen LogP contribution < -0.4 is 5.32 Å². The first-order valence-corrected chi connectivity index (χ1v) is 13.7. The van der Waals surface area contributed by atoms with Crippen LogP contribution in [0.3, 0.4) is 0 Å². The van der Waals surface area contributed by atoms with Gasteiger partial charge in [0.1, 0.15) is 0 Å². The van der Waals surface area contributed by atoms with Gasteiger partial charge in [0.15, 0.2) is 0 Å². The molecule has 2 aliphatic rings. The Morgan fingerprint density at radius 3 is 2.41 bits per heavy atom. The van der Waals surface area contributed by atoms with Gasteiger partial charge in [-0.3, -0.25) is 19.6 Å². The average Bonchev–Trinajstić information content (AvgIpc) is 2.87. The first-order chi connectivity index (χ1) is 16.6. The number of benzene rings is 2. The van der Waals surface area contributed by atoms with Gasteiger partial charge in [-0.05, 0) is 55.9 Å². The number of rotatable bonds is 10. The van der Waals surface area contributed by atoms with Crippen molar-refractivity contribution in [3.8, 4) is 0 Å². The second-order valence-corrected chi connectivity index (χ2v) is 10.6. The highest BCUT2D eigenvalue weighted by molar-refractivity contribution is 5.83. The summed E-state index contributed by atoms with van der Waals surface area (Å²) >= 11 is 0. The maximum Gasteiger partial charge on any atom is 0.0749 e. The number of hydrogen-bond donors (Lipinski definition) is 1. The molecule has 0 radical (unpaired) electrons. The molecule has 0 amide bonds. The van der Waals surface area contributed by atoms with Gasteiger partial charge in [0.25, 0.3) is 0 Å². The summed E-state index contributed by atoms with van der Waals surface area (Å²) in [4.78, 5) is 10.8. The molecule has 2 aliphatic heterocycles. The summed E-state index contributed by atoms with van der Waals surface area (Å²) < 4.78 is 0. The molecule has 0 aromatic heterocycles. The maximum atomic E-state index is 3.60. The van der Waals surface area contributed by atoms with Gasteiger partial charge in [0.2, 0.25) is 0 Å². The van der Waals surface area contributed by atoms with Gasteiger partial charge in [-0.25, -0.2) is 0 Å². The van der Waals surface area contributed by atoms with E-state index in [1.807, 2.05) is 0 Å². The van der Waals surface area contributed by atoms with E-state index in [0.29, 0.717) is 6.17 Å². The van der Waals surface area contributed by atoms with Crippen LogP contribution in [-0.2, 0) is 5.54 Å². The van der Waals surface area contributed by atoms with Gasteiger partial charge in [0, 0.05) is 52.4 Å². The summed E-state index contributed by atoms with van der Waals surface area (Å²) in [5.74, 6) is 0. The molecule has 0 spiro atoms. The van der Waals surface area contributed by atoms with E-state index in [9.17, 15) is 0 Å². The highest BCUT2D eigenvalue weighted by Gasteiger charge is 2.42. The van der Waals surface area contributed by atoms with Gasteiger partial charge < -0.3 is 5.32 Å². The number of unbranched alkanes of at least 4 members (excludes halogenated alkanes) is 1. The molecule has 2 saturated heterocycles. The summed E-state index contributed by atoms with van der Waals surface area (Å²) in [6.07, 6.45) is 5.43. The second-order valence-electron chi connectivity index (χ2n) is 10.6. The lowest BCUT2D eigenvalue weighted by molar-refractivity contribution is -0.0490. The highest BCUT2D eigenvalue weighted by Crippen LogP contribution is 2.37. The van der Waals surface area contributed by atoms with Crippen molar-refractivity contribution >= 4 is 10.8 Å². The quantitative estimate of drug-likeness (QED) is 0.571. The van der Waals surface area contributed by atoms with Crippen molar-refractivity contribution in [1.82, 2.24) is 24.9 Å². The molecule has 5 heteroatoms. The Bertz CT molecular complexity index is 893. The van der Waals surface area contributed by atoms with Crippen LogP contribution in [0.4, 0.5) is 0 Å². The zero-order valence-electron chi connectivity index (χ0n) is 22.1. The number of hydrogen-bond acceptors (Lipinski definition) is 5. The molecule has 2 aromatic carbocycles. The summed E-state index contributed by atoms with van der Waals surface area (Å²) in [6, 6.07) is 16.1. The van der Waals surface area contributed by atoms with Crippen LogP contribution in [-0.4, -0.2) is 98.8 Å². The lowest BCUT2D eigenvalue weighted by Crippen LogP contribution is -2.65. The van der Waals surface area contributed by atoms with Crippen LogP contribution in [0.5, 0.6) is 0 Å². The predicted octanol–water partition coefficient (Wildman–Crippen LogP) is 4.05. The monoisotopic (exact) mass is 465 g/mol. The zero-order valence-corrected chi connectivity index (χ0v) is 22.1. The lowest BCUT2D eigenvalue weighted by Gasteiger charge is -2.53. The molecule has 188 valence electrons. The maximum absolute atomic E-state index is 3.60.